The Kier molecular flexibility index (Phi) is 4.32. The maximum Gasteiger partial charge on any atom is 0.128 e. The largest absolute Gasteiger partial charge is 0.497 e. The van der Waals surface area contributed by atoms with Gasteiger partial charge in [0.25, 0.3) is 0 Å². The van der Waals surface area contributed by atoms with Crippen molar-refractivity contribution in [2.24, 2.45) is 5.41 Å². The molecular formula is C15H23NO3. The van der Waals surface area contributed by atoms with E-state index in [0.29, 0.717) is 0 Å². The monoisotopic (exact) mass is 265 g/mol. The lowest BCUT2D eigenvalue weighted by molar-refractivity contribution is 0.0248. The number of methoxy groups -OCH3 is 2. The van der Waals surface area contributed by atoms with Crippen molar-refractivity contribution in [1.29, 1.82) is 0 Å². The lowest BCUT2D eigenvalue weighted by Crippen LogP contribution is -2.29. The highest BCUT2D eigenvalue weighted by atomic mass is 16.5. The first-order chi connectivity index (χ1) is 9.05. The van der Waals surface area contributed by atoms with Gasteiger partial charge in [-0.2, -0.15) is 0 Å². The summed E-state index contributed by atoms with van der Waals surface area (Å²) in [5.74, 6) is 1.60. The van der Waals surface area contributed by atoms with Gasteiger partial charge >= 0.3 is 0 Å². The zero-order chi connectivity index (χ0) is 13.9. The highest BCUT2D eigenvalue weighted by Gasteiger charge is 2.27. The van der Waals surface area contributed by atoms with Crippen LogP contribution in [0, 0.1) is 5.41 Å². The van der Waals surface area contributed by atoms with Crippen molar-refractivity contribution >= 4 is 0 Å². The van der Waals surface area contributed by atoms with Crippen molar-refractivity contribution in [3.05, 3.63) is 23.8 Å². The number of hydrogen-bond acceptors (Lipinski definition) is 4. The highest BCUT2D eigenvalue weighted by Crippen LogP contribution is 2.33. The van der Waals surface area contributed by atoms with Crippen molar-refractivity contribution in [3.63, 3.8) is 0 Å². The van der Waals surface area contributed by atoms with E-state index in [1.54, 1.807) is 14.2 Å². The van der Waals surface area contributed by atoms with Gasteiger partial charge in [-0.25, -0.2) is 0 Å². The molecule has 106 valence electrons. The number of ether oxygens (including phenoxy) is 3. The van der Waals surface area contributed by atoms with E-state index in [0.717, 1.165) is 36.8 Å². The van der Waals surface area contributed by atoms with Crippen LogP contribution in [0.1, 0.15) is 25.5 Å². The number of rotatable bonds is 3. The van der Waals surface area contributed by atoms with Crippen molar-refractivity contribution in [1.82, 2.24) is 5.32 Å². The molecule has 19 heavy (non-hydrogen) atoms. The molecule has 1 unspecified atom stereocenters. The van der Waals surface area contributed by atoms with Gasteiger partial charge in [0, 0.05) is 30.1 Å². The van der Waals surface area contributed by atoms with Gasteiger partial charge in [0.2, 0.25) is 0 Å². The summed E-state index contributed by atoms with van der Waals surface area (Å²) in [6.45, 7) is 6.90. The third-order valence-corrected chi connectivity index (χ3v) is 3.40. The Labute approximate surface area is 115 Å². The number of hydrogen-bond donors (Lipinski definition) is 1. The first-order valence-corrected chi connectivity index (χ1v) is 6.60. The molecule has 4 heteroatoms. The van der Waals surface area contributed by atoms with Crippen molar-refractivity contribution in [3.8, 4) is 11.5 Å². The average Bonchev–Trinajstić information content (AvgIpc) is 2.59. The van der Waals surface area contributed by atoms with Crippen LogP contribution in [-0.2, 0) is 4.74 Å². The summed E-state index contributed by atoms with van der Waals surface area (Å²) in [6.07, 6.45) is 0.0163. The molecule has 1 fully saturated rings. The van der Waals surface area contributed by atoms with Crippen molar-refractivity contribution < 1.29 is 14.2 Å². The van der Waals surface area contributed by atoms with Gasteiger partial charge in [0.1, 0.15) is 11.5 Å². The second-order valence-corrected chi connectivity index (χ2v) is 5.70. The predicted octanol–water partition coefficient (Wildman–Crippen LogP) is 2.39. The SMILES string of the molecule is COc1ccc(C2CNCC(C)(C)CO2)c(OC)c1. The summed E-state index contributed by atoms with van der Waals surface area (Å²) in [6, 6.07) is 5.86. The van der Waals surface area contributed by atoms with Crippen LogP contribution < -0.4 is 14.8 Å². The predicted molar refractivity (Wildman–Crippen MR) is 74.9 cm³/mol. The van der Waals surface area contributed by atoms with Gasteiger partial charge in [0.15, 0.2) is 0 Å². The molecule has 1 atom stereocenters. The topological polar surface area (TPSA) is 39.7 Å². The molecular weight excluding hydrogens is 242 g/mol. The van der Waals surface area contributed by atoms with Gasteiger partial charge in [-0.1, -0.05) is 13.8 Å². The van der Waals surface area contributed by atoms with Crippen LogP contribution in [0.4, 0.5) is 0 Å². The summed E-state index contributed by atoms with van der Waals surface area (Å²) in [5.41, 5.74) is 1.22. The van der Waals surface area contributed by atoms with E-state index in [9.17, 15) is 0 Å². The van der Waals surface area contributed by atoms with Crippen LogP contribution in [0.25, 0.3) is 0 Å². The Hall–Kier alpha value is -1.26. The van der Waals surface area contributed by atoms with E-state index < -0.39 is 0 Å². The zero-order valence-electron chi connectivity index (χ0n) is 12.2. The molecule has 1 aliphatic heterocycles. The standard InChI is InChI=1S/C15H23NO3/c1-15(2)9-16-8-14(19-10-15)12-6-5-11(17-3)7-13(12)18-4/h5-7,14,16H,8-10H2,1-4H3. The fourth-order valence-corrected chi connectivity index (χ4v) is 2.26. The van der Waals surface area contributed by atoms with E-state index in [2.05, 4.69) is 19.2 Å². The summed E-state index contributed by atoms with van der Waals surface area (Å²) in [5, 5.41) is 3.45. The molecule has 1 heterocycles. The first-order valence-electron chi connectivity index (χ1n) is 6.60. The minimum absolute atomic E-state index is 0.0163. The molecule has 0 aliphatic carbocycles. The molecule has 4 nitrogen and oxygen atoms in total. The maximum atomic E-state index is 6.04. The van der Waals surface area contributed by atoms with Crippen LogP contribution in [0.2, 0.25) is 0 Å². The quantitative estimate of drug-likeness (QED) is 0.911. The van der Waals surface area contributed by atoms with Crippen LogP contribution in [-0.4, -0.2) is 33.9 Å². The summed E-state index contributed by atoms with van der Waals surface area (Å²) >= 11 is 0. The van der Waals surface area contributed by atoms with Crippen LogP contribution in [0.15, 0.2) is 18.2 Å². The fraction of sp³-hybridized carbons (Fsp3) is 0.600. The molecule has 1 aromatic carbocycles. The number of nitrogens with one attached hydrogen (secondary N) is 1. The summed E-state index contributed by atoms with van der Waals surface area (Å²) in [4.78, 5) is 0. The molecule has 0 aromatic heterocycles. The smallest absolute Gasteiger partial charge is 0.128 e. The lowest BCUT2D eigenvalue weighted by Gasteiger charge is -2.22. The van der Waals surface area contributed by atoms with E-state index in [1.165, 1.54) is 0 Å². The van der Waals surface area contributed by atoms with Gasteiger partial charge in [0.05, 0.1) is 26.9 Å². The summed E-state index contributed by atoms with van der Waals surface area (Å²) < 4.78 is 16.7. The molecule has 0 amide bonds. The van der Waals surface area contributed by atoms with Gasteiger partial charge in [-0.15, -0.1) is 0 Å². The number of benzene rings is 1. The lowest BCUT2D eigenvalue weighted by atomic mass is 9.95. The minimum Gasteiger partial charge on any atom is -0.497 e. The Balaban J connectivity index is 2.21. The second-order valence-electron chi connectivity index (χ2n) is 5.70. The molecule has 0 saturated carbocycles. The second kappa shape index (κ2) is 5.80. The van der Waals surface area contributed by atoms with Gasteiger partial charge in [-0.3, -0.25) is 0 Å². The Morgan fingerprint density at radius 2 is 2.05 bits per heavy atom. The van der Waals surface area contributed by atoms with E-state index in [1.807, 2.05) is 18.2 Å². The van der Waals surface area contributed by atoms with E-state index in [4.69, 9.17) is 14.2 Å². The first kappa shape index (κ1) is 14.2. The van der Waals surface area contributed by atoms with E-state index >= 15 is 0 Å². The minimum atomic E-state index is 0.0163. The zero-order valence-corrected chi connectivity index (χ0v) is 12.2. The van der Waals surface area contributed by atoms with Crippen molar-refractivity contribution in [2.75, 3.05) is 33.9 Å². The normalized spacial score (nSPS) is 22.6. The fourth-order valence-electron chi connectivity index (χ4n) is 2.26. The Bertz CT molecular complexity index is 431. The third kappa shape index (κ3) is 3.39. The Morgan fingerprint density at radius 3 is 2.74 bits per heavy atom. The van der Waals surface area contributed by atoms with Crippen LogP contribution in [0.5, 0.6) is 11.5 Å². The van der Waals surface area contributed by atoms with Crippen molar-refractivity contribution in [2.45, 2.75) is 20.0 Å². The Morgan fingerprint density at radius 1 is 1.26 bits per heavy atom. The van der Waals surface area contributed by atoms with E-state index in [-0.39, 0.29) is 11.5 Å². The molecule has 1 aromatic rings. The average molecular weight is 265 g/mol. The molecule has 0 bridgehead atoms. The molecule has 0 radical (unpaired) electrons. The molecule has 1 aliphatic rings. The van der Waals surface area contributed by atoms with Gasteiger partial charge < -0.3 is 19.5 Å². The van der Waals surface area contributed by atoms with Crippen LogP contribution in [0.3, 0.4) is 0 Å². The molecule has 2 rings (SSSR count). The molecule has 1 N–H and O–H groups in total. The molecule has 0 spiro atoms. The molecule has 1 saturated heterocycles. The highest BCUT2D eigenvalue weighted by molar-refractivity contribution is 5.42. The van der Waals surface area contributed by atoms with Gasteiger partial charge in [-0.05, 0) is 12.1 Å². The maximum absolute atomic E-state index is 6.04. The van der Waals surface area contributed by atoms with Crippen LogP contribution >= 0.6 is 0 Å². The third-order valence-electron chi connectivity index (χ3n) is 3.40. The summed E-state index contributed by atoms with van der Waals surface area (Å²) in [7, 11) is 3.33.